The van der Waals surface area contributed by atoms with Crippen LogP contribution in [0.4, 0.5) is 29.3 Å². The van der Waals surface area contributed by atoms with Crippen molar-refractivity contribution in [1.29, 1.82) is 0 Å². The minimum absolute atomic E-state index is 0.0169. The van der Waals surface area contributed by atoms with Crippen molar-refractivity contribution >= 4 is 46.0 Å². The number of urea groups is 1. The number of piperidine rings is 1. The van der Waals surface area contributed by atoms with E-state index in [4.69, 9.17) is 0 Å². The lowest BCUT2D eigenvalue weighted by molar-refractivity contribution is -0.118. The molecule has 188 valence electrons. The fraction of sp³-hybridized carbons (Fsp3) is 0.346. The number of alkyl halides is 3. The number of imide groups is 1. The molecule has 0 saturated carbocycles. The molecule has 3 heterocycles. The molecule has 3 amide bonds. The second-order valence-corrected chi connectivity index (χ2v) is 10.2. The number of benzene rings is 2. The molecular weight excluding hydrogens is 489 g/mol. The Labute approximate surface area is 210 Å². The predicted molar refractivity (Wildman–Crippen MR) is 134 cm³/mol. The van der Waals surface area contributed by atoms with Crippen LogP contribution in [0.5, 0.6) is 0 Å². The van der Waals surface area contributed by atoms with Gasteiger partial charge in [0.05, 0.1) is 11.2 Å². The molecule has 2 aliphatic heterocycles. The van der Waals surface area contributed by atoms with Gasteiger partial charge in [0.1, 0.15) is 6.04 Å². The Kier molecular flexibility index (Phi) is 6.55. The number of hydrogen-bond acceptors (Lipinski definition) is 5. The maximum Gasteiger partial charge on any atom is 0.446 e. The highest BCUT2D eigenvalue weighted by molar-refractivity contribution is 8.00. The number of anilines is 2. The summed E-state index contributed by atoms with van der Waals surface area (Å²) < 4.78 is 38.0. The van der Waals surface area contributed by atoms with Crippen LogP contribution in [-0.4, -0.2) is 41.6 Å². The van der Waals surface area contributed by atoms with Crippen LogP contribution in [0.2, 0.25) is 0 Å². The largest absolute Gasteiger partial charge is 0.446 e. The van der Waals surface area contributed by atoms with Crippen molar-refractivity contribution in [2.45, 2.75) is 48.5 Å². The van der Waals surface area contributed by atoms with E-state index in [-0.39, 0.29) is 28.3 Å². The van der Waals surface area contributed by atoms with Gasteiger partial charge in [0.25, 0.3) is 5.91 Å². The Balaban J connectivity index is 1.44. The highest BCUT2D eigenvalue weighted by Crippen LogP contribution is 2.39. The molecule has 2 aliphatic rings. The molecule has 3 aromatic rings. The molecule has 6 nitrogen and oxygen atoms in total. The third-order valence-electron chi connectivity index (χ3n) is 6.76. The fourth-order valence-corrected chi connectivity index (χ4v) is 5.59. The Hall–Kier alpha value is -3.27. The fourth-order valence-electron chi connectivity index (χ4n) is 5.05. The summed E-state index contributed by atoms with van der Waals surface area (Å²) >= 11 is -0.244. The molecule has 1 aromatic heterocycles. The summed E-state index contributed by atoms with van der Waals surface area (Å²) in [5.41, 5.74) is -1.36. The first kappa shape index (κ1) is 24.4. The molecule has 5 rings (SSSR count). The zero-order valence-corrected chi connectivity index (χ0v) is 20.4. The molecule has 2 fully saturated rings. The molecule has 0 radical (unpaired) electrons. The molecule has 0 aliphatic carbocycles. The first-order valence-corrected chi connectivity index (χ1v) is 12.7. The number of fused-ring (bicyclic) bond motifs is 1. The molecule has 2 aromatic carbocycles. The normalized spacial score (nSPS) is 19.6. The number of pyridine rings is 1. The predicted octanol–water partition coefficient (Wildman–Crippen LogP) is 6.07. The first-order valence-electron chi connectivity index (χ1n) is 11.9. The molecule has 36 heavy (non-hydrogen) atoms. The topological polar surface area (TPSA) is 65.5 Å². The van der Waals surface area contributed by atoms with Gasteiger partial charge in [-0.25, -0.2) is 9.69 Å². The maximum atomic E-state index is 13.4. The van der Waals surface area contributed by atoms with Crippen LogP contribution in [-0.2, 0) is 4.79 Å². The van der Waals surface area contributed by atoms with Gasteiger partial charge in [-0.1, -0.05) is 13.0 Å². The molecule has 2 unspecified atom stereocenters. The zero-order chi connectivity index (χ0) is 25.4. The standard InChI is InChI=1S/C26H25F3N4O2S/c1-16(19-12-13-30-20-6-5-7-21(22(19)20)32-14-3-2-4-15-32)23-24(34)33(25(35)31-23)17-8-10-18(11-9-17)36-26(27,28)29/h5-13,16,23H,2-4,14-15H2,1H3,(H,31,35). The van der Waals surface area contributed by atoms with Crippen LogP contribution in [0.25, 0.3) is 10.9 Å². The first-order chi connectivity index (χ1) is 17.2. The number of nitrogens with zero attached hydrogens (tertiary/aromatic N) is 3. The van der Waals surface area contributed by atoms with Crippen molar-refractivity contribution in [3.8, 4) is 0 Å². The van der Waals surface area contributed by atoms with Gasteiger partial charge in [-0.3, -0.25) is 9.78 Å². The van der Waals surface area contributed by atoms with Gasteiger partial charge in [-0.05, 0) is 79.1 Å². The maximum absolute atomic E-state index is 13.4. The number of carbonyl (C=O) groups excluding carboxylic acids is 2. The van der Waals surface area contributed by atoms with Crippen LogP contribution >= 0.6 is 11.8 Å². The smallest absolute Gasteiger partial charge is 0.371 e. The summed E-state index contributed by atoms with van der Waals surface area (Å²) in [6.07, 6.45) is 5.16. The summed E-state index contributed by atoms with van der Waals surface area (Å²) in [5.74, 6) is -0.799. The van der Waals surface area contributed by atoms with Gasteiger partial charge in [0.15, 0.2) is 0 Å². The SMILES string of the molecule is CC(c1ccnc2cccc(N3CCCCC3)c12)C1NC(=O)N(c2ccc(SC(F)(F)F)cc2)C1=O. The van der Waals surface area contributed by atoms with Crippen molar-refractivity contribution in [2.24, 2.45) is 0 Å². The van der Waals surface area contributed by atoms with Crippen LogP contribution in [0.3, 0.4) is 0 Å². The summed E-state index contributed by atoms with van der Waals surface area (Å²) in [4.78, 5) is 34.1. The Morgan fingerprint density at radius 3 is 2.44 bits per heavy atom. The molecule has 2 saturated heterocycles. The zero-order valence-electron chi connectivity index (χ0n) is 19.6. The Morgan fingerprint density at radius 2 is 1.75 bits per heavy atom. The van der Waals surface area contributed by atoms with Crippen LogP contribution in [0.1, 0.15) is 37.7 Å². The molecule has 10 heteroatoms. The number of amides is 3. The lowest BCUT2D eigenvalue weighted by atomic mass is 9.89. The average molecular weight is 515 g/mol. The van der Waals surface area contributed by atoms with Crippen molar-refractivity contribution in [3.63, 3.8) is 0 Å². The van der Waals surface area contributed by atoms with E-state index in [1.54, 1.807) is 6.20 Å². The van der Waals surface area contributed by atoms with Gasteiger partial charge in [0.2, 0.25) is 0 Å². The summed E-state index contributed by atoms with van der Waals surface area (Å²) in [5, 5.41) is 3.76. The number of hydrogen-bond donors (Lipinski definition) is 1. The third kappa shape index (κ3) is 4.74. The van der Waals surface area contributed by atoms with E-state index in [0.717, 1.165) is 53.0 Å². The third-order valence-corrected chi connectivity index (χ3v) is 7.50. The van der Waals surface area contributed by atoms with E-state index in [9.17, 15) is 22.8 Å². The van der Waals surface area contributed by atoms with E-state index in [1.807, 2.05) is 25.1 Å². The van der Waals surface area contributed by atoms with Crippen LogP contribution in [0, 0.1) is 0 Å². The van der Waals surface area contributed by atoms with Gasteiger partial charge in [0, 0.05) is 41.2 Å². The minimum Gasteiger partial charge on any atom is -0.371 e. The highest BCUT2D eigenvalue weighted by atomic mass is 32.2. The van der Waals surface area contributed by atoms with Crippen molar-refractivity contribution < 1.29 is 22.8 Å². The number of nitrogens with one attached hydrogen (secondary N) is 1. The summed E-state index contributed by atoms with van der Waals surface area (Å²) in [7, 11) is 0. The second-order valence-electron chi connectivity index (χ2n) is 9.05. The molecular formula is C26H25F3N4O2S. The van der Waals surface area contributed by atoms with Crippen LogP contribution in [0.15, 0.2) is 59.6 Å². The van der Waals surface area contributed by atoms with Crippen molar-refractivity contribution in [2.75, 3.05) is 22.9 Å². The minimum atomic E-state index is -4.41. The van der Waals surface area contributed by atoms with Gasteiger partial charge < -0.3 is 10.2 Å². The van der Waals surface area contributed by atoms with Crippen molar-refractivity contribution in [3.05, 3.63) is 60.3 Å². The van der Waals surface area contributed by atoms with E-state index >= 15 is 0 Å². The molecule has 0 bridgehead atoms. The number of carbonyl (C=O) groups is 2. The van der Waals surface area contributed by atoms with E-state index in [0.29, 0.717) is 0 Å². The number of halogens is 3. The Morgan fingerprint density at radius 1 is 1.03 bits per heavy atom. The molecule has 1 N–H and O–H groups in total. The summed E-state index contributed by atoms with van der Waals surface area (Å²) in [6, 6.07) is 11.7. The number of aromatic nitrogens is 1. The molecule has 0 spiro atoms. The number of thioether (sulfide) groups is 1. The lowest BCUT2D eigenvalue weighted by Gasteiger charge is -2.31. The quantitative estimate of drug-likeness (QED) is 0.331. The van der Waals surface area contributed by atoms with Crippen LogP contribution < -0.4 is 15.1 Å². The average Bonchev–Trinajstić information content (AvgIpc) is 3.16. The monoisotopic (exact) mass is 514 g/mol. The summed E-state index contributed by atoms with van der Waals surface area (Å²) in [6.45, 7) is 3.81. The number of rotatable bonds is 5. The van der Waals surface area contributed by atoms with Gasteiger partial charge in [-0.15, -0.1) is 0 Å². The van der Waals surface area contributed by atoms with E-state index in [2.05, 4.69) is 21.3 Å². The second kappa shape index (κ2) is 9.65. The van der Waals surface area contributed by atoms with Gasteiger partial charge >= 0.3 is 11.5 Å². The Bertz CT molecular complexity index is 1290. The van der Waals surface area contributed by atoms with Crippen molar-refractivity contribution in [1.82, 2.24) is 10.3 Å². The van der Waals surface area contributed by atoms with E-state index < -0.39 is 23.5 Å². The van der Waals surface area contributed by atoms with E-state index in [1.165, 1.54) is 30.7 Å². The highest BCUT2D eigenvalue weighted by Gasteiger charge is 2.43. The van der Waals surface area contributed by atoms with Gasteiger partial charge in [-0.2, -0.15) is 13.2 Å². The molecule has 2 atom stereocenters. The lowest BCUT2D eigenvalue weighted by Crippen LogP contribution is -2.35.